The number of ether oxygens (including phenoxy) is 2. The molecule has 0 aliphatic carbocycles. The van der Waals surface area contributed by atoms with E-state index in [1.54, 1.807) is 18.2 Å². The number of carboxylic acid groups (broad SMARTS) is 1. The minimum Gasteiger partial charge on any atom is -0.870 e. The number of methoxy groups -OCH3 is 2. The van der Waals surface area contributed by atoms with Crippen molar-refractivity contribution in [3.05, 3.63) is 70.5 Å². The summed E-state index contributed by atoms with van der Waals surface area (Å²) < 4.78 is 24.3. The van der Waals surface area contributed by atoms with E-state index in [-0.39, 0.29) is 59.1 Å². The summed E-state index contributed by atoms with van der Waals surface area (Å²) >= 11 is 5.79. The van der Waals surface area contributed by atoms with Crippen LogP contribution in [0.1, 0.15) is 95.9 Å². The fraction of sp³-hybridized carbons (Fsp3) is 0.444. The first-order valence-electron chi connectivity index (χ1n) is 11.5. The number of carboxylic acids is 1. The Labute approximate surface area is 250 Å². The van der Waals surface area contributed by atoms with Crippen LogP contribution in [0.5, 0.6) is 0 Å². The van der Waals surface area contributed by atoms with Gasteiger partial charge < -0.3 is 38.4 Å². The van der Waals surface area contributed by atoms with Crippen LogP contribution in [0.4, 0.5) is 0 Å². The summed E-state index contributed by atoms with van der Waals surface area (Å²) in [5, 5.41) is 17.7. The summed E-state index contributed by atoms with van der Waals surface area (Å²) in [6, 6.07) is 6.18. The molecule has 3 rings (SSSR count). The fourth-order valence-electron chi connectivity index (χ4n) is 3.15. The Hall–Kier alpha value is -2.94. The Bertz CT molecular complexity index is 1200. The van der Waals surface area contributed by atoms with E-state index in [0.717, 1.165) is 11.3 Å². The van der Waals surface area contributed by atoms with Gasteiger partial charge in [0.05, 0.1) is 33.0 Å². The molecule has 3 aromatic heterocycles. The van der Waals surface area contributed by atoms with Crippen LogP contribution < -0.4 is 18.9 Å². The van der Waals surface area contributed by atoms with E-state index in [0.29, 0.717) is 17.2 Å². The van der Waals surface area contributed by atoms with Crippen molar-refractivity contribution in [3.8, 4) is 0 Å². The Morgan fingerprint density at radius 2 is 1.30 bits per heavy atom. The molecule has 0 atom stereocenters. The standard InChI is InChI=1S/C11H15ClO3.C10H14O4.C6H6O3.Li.H2O/c1-11(2,3)9-7(6-12)5-8(15-9)10(13)14-4;1-10(2,3)8-6(5-11)4-7(14-8)9(12)13;1-8-6(7)5-3-2-4-9-5;;/h5H,6H2,1-4H3;4,11H,5H2,1-3H3,(H,12,13);2-4H,1H3;;1H2/q;;;+1;/p-1. The van der Waals surface area contributed by atoms with E-state index < -0.39 is 17.9 Å². The third-order valence-electron chi connectivity index (χ3n) is 4.80. The number of rotatable bonds is 5. The first-order chi connectivity index (χ1) is 17.6. The molecule has 0 spiro atoms. The van der Waals surface area contributed by atoms with Gasteiger partial charge in [-0.2, -0.15) is 0 Å². The Morgan fingerprint density at radius 3 is 1.62 bits per heavy atom. The Morgan fingerprint density at radius 1 is 0.850 bits per heavy atom. The van der Waals surface area contributed by atoms with E-state index in [9.17, 15) is 14.4 Å². The van der Waals surface area contributed by atoms with Crippen LogP contribution in [0.2, 0.25) is 0 Å². The maximum Gasteiger partial charge on any atom is 1.00 e. The molecule has 11 nitrogen and oxygen atoms in total. The van der Waals surface area contributed by atoms with Gasteiger partial charge in [-0.3, -0.25) is 0 Å². The van der Waals surface area contributed by atoms with Crippen molar-refractivity contribution in [2.45, 2.75) is 64.9 Å². The number of aliphatic hydroxyl groups excluding tert-OH is 1. The van der Waals surface area contributed by atoms with Crippen LogP contribution in [0.25, 0.3) is 0 Å². The van der Waals surface area contributed by atoms with Gasteiger partial charge in [0, 0.05) is 22.0 Å². The van der Waals surface area contributed by atoms with E-state index in [1.807, 2.05) is 41.5 Å². The summed E-state index contributed by atoms with van der Waals surface area (Å²) in [6.45, 7) is 11.5. The second-order valence-electron chi connectivity index (χ2n) is 9.99. The van der Waals surface area contributed by atoms with Gasteiger partial charge in [-0.25, -0.2) is 14.4 Å². The minimum atomic E-state index is -1.12. The third kappa shape index (κ3) is 11.3. The second-order valence-corrected chi connectivity index (χ2v) is 10.3. The average molecular weight is 579 g/mol. The van der Waals surface area contributed by atoms with E-state index in [1.165, 1.54) is 26.5 Å². The summed E-state index contributed by atoms with van der Waals surface area (Å²) in [4.78, 5) is 32.5. The molecule has 0 saturated carbocycles. The molecule has 0 radical (unpaired) electrons. The van der Waals surface area contributed by atoms with Crippen molar-refractivity contribution >= 4 is 29.5 Å². The van der Waals surface area contributed by atoms with Crippen molar-refractivity contribution in [1.29, 1.82) is 0 Å². The summed E-state index contributed by atoms with van der Waals surface area (Å²) in [6.07, 6.45) is 1.42. The number of aliphatic hydroxyl groups is 1. The molecular weight excluding hydrogens is 543 g/mol. The van der Waals surface area contributed by atoms with Crippen LogP contribution in [0.15, 0.2) is 43.8 Å². The number of alkyl halides is 1. The molecule has 218 valence electrons. The van der Waals surface area contributed by atoms with Gasteiger partial charge >= 0.3 is 36.8 Å². The SMILES string of the molecule is CC(C)(C)c1oc(C(=O)O)cc1CO.COC(=O)c1cc(CCl)c(C(C)(C)C)o1.COC(=O)c1ccco1.[Li+].[OH-]. The van der Waals surface area contributed by atoms with Crippen molar-refractivity contribution in [2.24, 2.45) is 0 Å². The molecule has 0 bridgehead atoms. The van der Waals surface area contributed by atoms with Crippen LogP contribution >= 0.6 is 11.6 Å². The van der Waals surface area contributed by atoms with E-state index >= 15 is 0 Å². The second kappa shape index (κ2) is 17.0. The summed E-state index contributed by atoms with van der Waals surface area (Å²) in [5.74, 6) is -0.135. The molecular formula is C27H36ClLiO11. The first kappa shape index (κ1) is 39.2. The van der Waals surface area contributed by atoms with E-state index in [4.69, 9.17) is 35.1 Å². The molecule has 40 heavy (non-hydrogen) atoms. The van der Waals surface area contributed by atoms with E-state index in [2.05, 4.69) is 9.47 Å². The molecule has 3 N–H and O–H groups in total. The van der Waals surface area contributed by atoms with Gasteiger partial charge in [0.25, 0.3) is 0 Å². The molecule has 0 aromatic carbocycles. The third-order valence-corrected chi connectivity index (χ3v) is 5.09. The fourth-order valence-corrected chi connectivity index (χ4v) is 3.34. The monoisotopic (exact) mass is 578 g/mol. The largest absolute Gasteiger partial charge is 1.00 e. The van der Waals surface area contributed by atoms with Crippen molar-refractivity contribution in [3.63, 3.8) is 0 Å². The predicted octanol–water partition coefficient (Wildman–Crippen LogP) is 2.76. The van der Waals surface area contributed by atoms with Gasteiger partial charge in [0.1, 0.15) is 11.5 Å². The number of hydrogen-bond donors (Lipinski definition) is 2. The number of carbonyl (C=O) groups excluding carboxylic acids is 2. The van der Waals surface area contributed by atoms with Crippen LogP contribution in [0, 0.1) is 0 Å². The van der Waals surface area contributed by atoms with Crippen LogP contribution in [0.3, 0.4) is 0 Å². The molecule has 0 fully saturated rings. The molecule has 0 aliphatic heterocycles. The van der Waals surface area contributed by atoms with Gasteiger partial charge in [0.15, 0.2) is 0 Å². The first-order valence-corrected chi connectivity index (χ1v) is 12.0. The minimum absolute atomic E-state index is 0. The maximum absolute atomic E-state index is 11.3. The average Bonchev–Trinajstić information content (AvgIpc) is 3.61. The molecule has 0 saturated heterocycles. The topological polar surface area (TPSA) is 180 Å². The van der Waals surface area contributed by atoms with Crippen molar-refractivity contribution in [2.75, 3.05) is 14.2 Å². The van der Waals surface area contributed by atoms with Crippen molar-refractivity contribution < 1.29 is 71.7 Å². The quantitative estimate of drug-likeness (QED) is 0.258. The number of hydrogen-bond acceptors (Lipinski definition) is 10. The molecule has 13 heteroatoms. The summed E-state index contributed by atoms with van der Waals surface area (Å²) in [5.41, 5.74) is 0.905. The predicted molar refractivity (Wildman–Crippen MR) is 141 cm³/mol. The number of esters is 2. The molecule has 0 unspecified atom stereocenters. The number of furan rings is 3. The number of halogens is 1. The number of carbonyl (C=O) groups is 3. The van der Waals surface area contributed by atoms with Crippen molar-refractivity contribution in [1.82, 2.24) is 0 Å². The smallest absolute Gasteiger partial charge is 0.870 e. The maximum atomic E-state index is 11.3. The molecule has 0 aliphatic rings. The van der Waals surface area contributed by atoms with Gasteiger partial charge in [-0.15, -0.1) is 11.6 Å². The zero-order valence-corrected chi connectivity index (χ0v) is 25.0. The molecule has 3 heterocycles. The molecule has 3 aromatic rings. The van der Waals surface area contributed by atoms with Gasteiger partial charge in [-0.1, -0.05) is 41.5 Å². The molecule has 0 amide bonds. The zero-order valence-electron chi connectivity index (χ0n) is 24.3. The van der Waals surface area contributed by atoms with Crippen LogP contribution in [-0.2, 0) is 32.8 Å². The zero-order chi connectivity index (χ0) is 29.3. The summed E-state index contributed by atoms with van der Waals surface area (Å²) in [7, 11) is 2.63. The van der Waals surface area contributed by atoms with Crippen LogP contribution in [-0.4, -0.2) is 47.8 Å². The van der Waals surface area contributed by atoms with Gasteiger partial charge in [0.2, 0.25) is 17.3 Å². The number of aromatic carboxylic acids is 1. The Balaban J connectivity index is 0. The van der Waals surface area contributed by atoms with Gasteiger partial charge in [-0.05, 0) is 24.3 Å². The normalized spacial score (nSPS) is 10.4. The Kier molecular flexibility index (Phi) is 16.7.